The van der Waals surface area contributed by atoms with Crippen LogP contribution in [0.4, 0.5) is 10.1 Å². The first-order valence-electron chi connectivity index (χ1n) is 8.52. The lowest BCUT2D eigenvalue weighted by atomic mass is 10.2. The molecule has 0 spiro atoms. The highest BCUT2D eigenvalue weighted by Crippen LogP contribution is 2.24. The van der Waals surface area contributed by atoms with Crippen molar-refractivity contribution >= 4 is 21.4 Å². The first kappa shape index (κ1) is 19.8. The minimum Gasteiger partial charge on any atom is -0.441 e. The van der Waals surface area contributed by atoms with E-state index in [1.807, 2.05) is 0 Å². The van der Waals surface area contributed by atoms with Crippen molar-refractivity contribution in [2.45, 2.75) is 17.7 Å². The van der Waals surface area contributed by atoms with E-state index in [1.165, 1.54) is 29.3 Å². The predicted molar refractivity (Wildman–Crippen MR) is 103 cm³/mol. The molecule has 6 nitrogen and oxygen atoms in total. The van der Waals surface area contributed by atoms with E-state index >= 15 is 0 Å². The monoisotopic (exact) mass is 402 g/mol. The molecule has 146 valence electrons. The summed E-state index contributed by atoms with van der Waals surface area (Å²) in [6, 6.07) is 12.3. The zero-order valence-electron chi connectivity index (χ0n) is 15.4. The van der Waals surface area contributed by atoms with E-state index in [1.54, 1.807) is 37.4 Å². The first-order chi connectivity index (χ1) is 13.3. The Kier molecular flexibility index (Phi) is 5.60. The quantitative estimate of drug-likeness (QED) is 0.631. The van der Waals surface area contributed by atoms with Crippen LogP contribution in [0, 0.1) is 5.82 Å². The maximum Gasteiger partial charge on any atom is 0.227 e. The largest absolute Gasteiger partial charge is 0.441 e. The van der Waals surface area contributed by atoms with Crippen molar-refractivity contribution in [3.05, 3.63) is 66.4 Å². The molecule has 0 saturated heterocycles. The number of aromatic nitrogens is 1. The van der Waals surface area contributed by atoms with Crippen molar-refractivity contribution in [1.82, 2.24) is 4.98 Å². The SMILES string of the molecule is CN(C(=O)CCc1ncc(-c2ccccc2F)o1)c1ccc(S(C)(=O)=O)cc1. The summed E-state index contributed by atoms with van der Waals surface area (Å²) >= 11 is 0. The third kappa shape index (κ3) is 4.45. The van der Waals surface area contributed by atoms with Crippen LogP contribution in [0.2, 0.25) is 0 Å². The Hall–Kier alpha value is -3.00. The summed E-state index contributed by atoms with van der Waals surface area (Å²) in [7, 11) is -1.68. The number of amides is 1. The second-order valence-electron chi connectivity index (χ2n) is 6.32. The van der Waals surface area contributed by atoms with Crippen molar-refractivity contribution < 1.29 is 22.0 Å². The second kappa shape index (κ2) is 7.93. The average molecular weight is 402 g/mol. The second-order valence-corrected chi connectivity index (χ2v) is 8.33. The predicted octanol–water partition coefficient (Wildman–Crippen LogP) is 3.48. The smallest absolute Gasteiger partial charge is 0.227 e. The fourth-order valence-electron chi connectivity index (χ4n) is 2.65. The molecule has 0 saturated carbocycles. The maximum absolute atomic E-state index is 13.8. The zero-order valence-corrected chi connectivity index (χ0v) is 16.2. The van der Waals surface area contributed by atoms with Crippen molar-refractivity contribution in [1.29, 1.82) is 0 Å². The Balaban J connectivity index is 1.63. The van der Waals surface area contributed by atoms with Crippen LogP contribution in [0.3, 0.4) is 0 Å². The Morgan fingerprint density at radius 2 is 1.82 bits per heavy atom. The van der Waals surface area contributed by atoms with E-state index in [2.05, 4.69) is 4.98 Å². The van der Waals surface area contributed by atoms with Gasteiger partial charge in [-0.15, -0.1) is 0 Å². The van der Waals surface area contributed by atoms with Gasteiger partial charge in [-0.2, -0.15) is 0 Å². The molecule has 0 atom stereocenters. The molecule has 0 aliphatic rings. The summed E-state index contributed by atoms with van der Waals surface area (Å²) < 4.78 is 42.4. The number of hydrogen-bond acceptors (Lipinski definition) is 5. The van der Waals surface area contributed by atoms with Gasteiger partial charge in [0.15, 0.2) is 21.5 Å². The normalized spacial score (nSPS) is 11.4. The average Bonchev–Trinajstić information content (AvgIpc) is 3.14. The number of hydrogen-bond donors (Lipinski definition) is 0. The maximum atomic E-state index is 13.8. The summed E-state index contributed by atoms with van der Waals surface area (Å²) in [6.45, 7) is 0. The van der Waals surface area contributed by atoms with Gasteiger partial charge in [0.1, 0.15) is 5.82 Å². The molecule has 1 aromatic heterocycles. The number of carbonyl (C=O) groups excluding carboxylic acids is 1. The minimum atomic E-state index is -3.29. The van der Waals surface area contributed by atoms with Gasteiger partial charge >= 0.3 is 0 Å². The van der Waals surface area contributed by atoms with Gasteiger partial charge in [0.25, 0.3) is 0 Å². The van der Waals surface area contributed by atoms with Crippen LogP contribution in [0.1, 0.15) is 12.3 Å². The fourth-order valence-corrected chi connectivity index (χ4v) is 3.28. The van der Waals surface area contributed by atoms with Crippen LogP contribution in [0.25, 0.3) is 11.3 Å². The number of carbonyl (C=O) groups is 1. The molecule has 0 radical (unpaired) electrons. The fraction of sp³-hybridized carbons (Fsp3) is 0.200. The summed E-state index contributed by atoms with van der Waals surface area (Å²) in [4.78, 5) is 18.1. The number of nitrogens with zero attached hydrogens (tertiary/aromatic N) is 2. The van der Waals surface area contributed by atoms with Gasteiger partial charge in [0, 0.05) is 31.8 Å². The lowest BCUT2D eigenvalue weighted by molar-refractivity contribution is -0.118. The van der Waals surface area contributed by atoms with Crippen LogP contribution < -0.4 is 4.90 Å². The van der Waals surface area contributed by atoms with Gasteiger partial charge in [-0.1, -0.05) is 12.1 Å². The molecule has 0 fully saturated rings. The Morgan fingerprint density at radius 1 is 1.14 bits per heavy atom. The van der Waals surface area contributed by atoms with E-state index in [4.69, 9.17) is 4.42 Å². The van der Waals surface area contributed by atoms with E-state index in [0.717, 1.165) is 6.26 Å². The standard InChI is InChI=1S/C20H19FN2O4S/c1-23(14-7-9-15(10-8-14)28(2,25)26)20(24)12-11-19-22-13-18(27-19)16-5-3-4-6-17(16)21/h3-10,13H,11-12H2,1-2H3. The summed E-state index contributed by atoms with van der Waals surface area (Å²) in [6.07, 6.45) is 2.97. The Labute approximate surface area is 162 Å². The van der Waals surface area contributed by atoms with Crippen LogP contribution in [0.15, 0.2) is 64.0 Å². The number of oxazole rings is 1. The van der Waals surface area contributed by atoms with Crippen molar-refractivity contribution in [3.63, 3.8) is 0 Å². The van der Waals surface area contributed by atoms with Crippen LogP contribution in [-0.4, -0.2) is 32.6 Å². The molecule has 2 aromatic carbocycles. The van der Waals surface area contributed by atoms with E-state index in [0.29, 0.717) is 22.9 Å². The van der Waals surface area contributed by atoms with Crippen LogP contribution in [-0.2, 0) is 21.1 Å². The van der Waals surface area contributed by atoms with E-state index < -0.39 is 15.7 Å². The molecule has 0 bridgehead atoms. The molecule has 0 aliphatic carbocycles. The molecule has 3 aromatic rings. The number of anilines is 1. The van der Waals surface area contributed by atoms with Gasteiger partial charge < -0.3 is 9.32 Å². The number of halogens is 1. The molecular weight excluding hydrogens is 383 g/mol. The molecular formula is C20H19FN2O4S. The van der Waals surface area contributed by atoms with Gasteiger partial charge in [0.2, 0.25) is 5.91 Å². The molecule has 0 N–H and O–H groups in total. The topological polar surface area (TPSA) is 80.5 Å². The van der Waals surface area contributed by atoms with E-state index in [9.17, 15) is 17.6 Å². The lowest BCUT2D eigenvalue weighted by Gasteiger charge is -2.17. The molecule has 0 aliphatic heterocycles. The van der Waals surface area contributed by atoms with Gasteiger partial charge in [0.05, 0.1) is 16.7 Å². The molecule has 0 unspecified atom stereocenters. The van der Waals surface area contributed by atoms with Gasteiger partial charge in [-0.3, -0.25) is 4.79 Å². The number of rotatable bonds is 6. The first-order valence-corrected chi connectivity index (χ1v) is 10.4. The highest BCUT2D eigenvalue weighted by molar-refractivity contribution is 7.90. The summed E-state index contributed by atoms with van der Waals surface area (Å²) in [5.41, 5.74) is 0.896. The lowest BCUT2D eigenvalue weighted by Crippen LogP contribution is -2.26. The summed E-state index contributed by atoms with van der Waals surface area (Å²) in [5, 5.41) is 0. The van der Waals surface area contributed by atoms with E-state index in [-0.39, 0.29) is 23.6 Å². The zero-order chi connectivity index (χ0) is 20.3. The van der Waals surface area contributed by atoms with Crippen LogP contribution in [0.5, 0.6) is 0 Å². The van der Waals surface area contributed by atoms with Crippen LogP contribution >= 0.6 is 0 Å². The molecule has 28 heavy (non-hydrogen) atoms. The number of sulfone groups is 1. The van der Waals surface area contributed by atoms with Crippen molar-refractivity contribution in [3.8, 4) is 11.3 Å². The number of benzene rings is 2. The van der Waals surface area contributed by atoms with Gasteiger partial charge in [-0.05, 0) is 36.4 Å². The highest BCUT2D eigenvalue weighted by atomic mass is 32.2. The summed E-state index contributed by atoms with van der Waals surface area (Å²) in [5.74, 6) is 0.0639. The molecule has 1 heterocycles. The third-order valence-corrected chi connectivity index (χ3v) is 5.40. The number of aryl methyl sites for hydroxylation is 1. The molecule has 8 heteroatoms. The third-order valence-electron chi connectivity index (χ3n) is 4.27. The Morgan fingerprint density at radius 3 is 2.46 bits per heavy atom. The van der Waals surface area contributed by atoms with Gasteiger partial charge in [-0.25, -0.2) is 17.8 Å². The Bertz CT molecular complexity index is 1090. The van der Waals surface area contributed by atoms with Crippen molar-refractivity contribution in [2.75, 3.05) is 18.2 Å². The molecule has 3 rings (SSSR count). The van der Waals surface area contributed by atoms with Crippen molar-refractivity contribution in [2.24, 2.45) is 0 Å². The minimum absolute atomic E-state index is 0.140. The highest BCUT2D eigenvalue weighted by Gasteiger charge is 2.15. The molecule has 1 amide bonds.